The molecular formula is C22H25F3N4O4S. The first-order valence-corrected chi connectivity index (χ1v) is 12.8. The minimum atomic E-state index is -5.65. The molecule has 3 aliphatic heterocycles. The Labute approximate surface area is 194 Å². The van der Waals surface area contributed by atoms with Crippen LogP contribution in [0.15, 0.2) is 34.7 Å². The van der Waals surface area contributed by atoms with E-state index >= 15 is 0 Å². The molecule has 2 bridgehead atoms. The van der Waals surface area contributed by atoms with Crippen molar-refractivity contribution < 1.29 is 31.1 Å². The Morgan fingerprint density at radius 3 is 2.71 bits per heavy atom. The first-order chi connectivity index (χ1) is 16.2. The number of fused-ring (bicyclic) bond motifs is 6. The van der Waals surface area contributed by atoms with Crippen LogP contribution in [0.4, 0.5) is 13.2 Å². The number of ether oxygens (including phenoxy) is 2. The minimum Gasteiger partial charge on any atom is -0.496 e. The van der Waals surface area contributed by atoms with Crippen molar-refractivity contribution in [3.8, 4) is 5.75 Å². The highest BCUT2D eigenvalue weighted by atomic mass is 32.2. The number of nitrogens with one attached hydrogen (secondary N) is 1. The Hall–Kier alpha value is -2.76. The number of nitrogens with zero attached hydrogens (tertiary/aromatic N) is 3. The van der Waals surface area contributed by atoms with Gasteiger partial charge in [0.05, 0.1) is 35.8 Å². The zero-order valence-electron chi connectivity index (χ0n) is 18.3. The number of halogens is 3. The second-order valence-corrected chi connectivity index (χ2v) is 10.4. The van der Waals surface area contributed by atoms with Crippen LogP contribution in [0.3, 0.4) is 0 Å². The molecule has 0 radical (unpaired) electrons. The number of hydrogen-bond donors (Lipinski definition) is 1. The number of benzene rings is 1. The molecule has 4 heterocycles. The molecule has 1 aromatic heterocycles. The van der Waals surface area contributed by atoms with Crippen molar-refractivity contribution in [2.24, 2.45) is 4.40 Å². The quantitative estimate of drug-likeness (QED) is 0.632. The van der Waals surface area contributed by atoms with Gasteiger partial charge in [0.2, 0.25) is 0 Å². The first-order valence-electron chi connectivity index (χ1n) is 11.3. The fourth-order valence-electron chi connectivity index (χ4n) is 5.01. The molecule has 1 aromatic carbocycles. The largest absolute Gasteiger partial charge is 0.518 e. The molecular weight excluding hydrogens is 473 g/mol. The van der Waals surface area contributed by atoms with E-state index in [2.05, 4.69) is 14.6 Å². The van der Waals surface area contributed by atoms with E-state index in [0.717, 1.165) is 47.9 Å². The molecule has 0 atom stereocenters. The van der Waals surface area contributed by atoms with E-state index in [9.17, 15) is 21.6 Å². The fourth-order valence-corrected chi connectivity index (χ4v) is 5.59. The summed E-state index contributed by atoms with van der Waals surface area (Å²) in [5.74, 6) is 1.05. The molecule has 1 saturated carbocycles. The predicted molar refractivity (Wildman–Crippen MR) is 119 cm³/mol. The van der Waals surface area contributed by atoms with Crippen molar-refractivity contribution in [1.82, 2.24) is 15.1 Å². The second-order valence-electron chi connectivity index (χ2n) is 8.82. The van der Waals surface area contributed by atoms with Crippen molar-refractivity contribution in [3.05, 3.63) is 35.9 Å². The van der Waals surface area contributed by atoms with E-state index in [0.29, 0.717) is 19.5 Å². The van der Waals surface area contributed by atoms with Crippen molar-refractivity contribution in [3.63, 3.8) is 0 Å². The Bertz CT molecular complexity index is 1230. The maximum absolute atomic E-state index is 13.0. The molecule has 2 aromatic rings. The third-order valence-corrected chi connectivity index (χ3v) is 7.75. The van der Waals surface area contributed by atoms with Gasteiger partial charge in [0, 0.05) is 17.5 Å². The van der Waals surface area contributed by atoms with Crippen molar-refractivity contribution >= 4 is 26.6 Å². The number of rotatable bonds is 1. The van der Waals surface area contributed by atoms with Gasteiger partial charge in [-0.15, -0.1) is 0 Å². The fraction of sp³-hybridized carbons (Fsp3) is 0.545. The molecule has 0 amide bonds. The number of H-pyrrole nitrogens is 1. The highest BCUT2D eigenvalue weighted by Crippen LogP contribution is 2.42. The Morgan fingerprint density at radius 1 is 1.15 bits per heavy atom. The van der Waals surface area contributed by atoms with E-state index in [1.54, 1.807) is 4.90 Å². The lowest BCUT2D eigenvalue weighted by Gasteiger charge is -2.32. The SMILES string of the molecule is O=S(=O)(/N=C1CCCN2CCOc3ccc4[nH]ncc4c3C3CCC(CC3)O\C=C\12)C(F)(F)F. The molecule has 1 N–H and O–H groups in total. The molecule has 1 saturated heterocycles. The van der Waals surface area contributed by atoms with Gasteiger partial charge < -0.3 is 14.4 Å². The van der Waals surface area contributed by atoms with Gasteiger partial charge in [0.15, 0.2) is 0 Å². The number of aromatic amines is 1. The highest BCUT2D eigenvalue weighted by molar-refractivity contribution is 7.91. The van der Waals surface area contributed by atoms with Crippen LogP contribution in [0.5, 0.6) is 5.75 Å². The standard InChI is InChI=1S/C22H25F3N4O4S/c23-22(24,25)34(30,31)28-18-2-1-9-29-10-11-32-20-8-7-17-16(12-26-27-17)21(20)14-3-5-15(6-4-14)33-13-19(18)29/h7-8,12-15H,1-6,9-11H2,(H,26,27)/b19-13-,28-18+. The van der Waals surface area contributed by atoms with Crippen LogP contribution >= 0.6 is 0 Å². The summed E-state index contributed by atoms with van der Waals surface area (Å²) in [5.41, 5.74) is -3.25. The summed E-state index contributed by atoms with van der Waals surface area (Å²) in [6.07, 6.45) is 6.94. The Kier molecular flexibility index (Phi) is 5.95. The predicted octanol–water partition coefficient (Wildman–Crippen LogP) is 4.23. The number of piperidine rings is 1. The van der Waals surface area contributed by atoms with Crippen LogP contribution in [0.25, 0.3) is 10.9 Å². The number of allylic oxidation sites excluding steroid dienone is 1. The lowest BCUT2D eigenvalue weighted by Crippen LogP contribution is -2.37. The van der Waals surface area contributed by atoms with Crippen molar-refractivity contribution in [2.75, 3.05) is 19.7 Å². The van der Waals surface area contributed by atoms with Gasteiger partial charge in [-0.1, -0.05) is 0 Å². The van der Waals surface area contributed by atoms with E-state index in [-0.39, 0.29) is 36.5 Å². The van der Waals surface area contributed by atoms with Crippen LogP contribution in [-0.4, -0.2) is 60.5 Å². The molecule has 0 spiro atoms. The van der Waals surface area contributed by atoms with Gasteiger partial charge in [-0.05, 0) is 56.6 Å². The van der Waals surface area contributed by atoms with Gasteiger partial charge in [0.25, 0.3) is 0 Å². The normalized spacial score (nSPS) is 26.9. The van der Waals surface area contributed by atoms with E-state index in [4.69, 9.17) is 9.47 Å². The number of sulfonamides is 1. The lowest BCUT2D eigenvalue weighted by molar-refractivity contribution is -0.0435. The second kappa shape index (κ2) is 8.79. The summed E-state index contributed by atoms with van der Waals surface area (Å²) in [5, 5.41) is 8.21. The smallest absolute Gasteiger partial charge is 0.496 e. The maximum atomic E-state index is 13.0. The first kappa shape index (κ1) is 23.0. The summed E-state index contributed by atoms with van der Waals surface area (Å²) in [4.78, 5) is 1.79. The molecule has 12 heteroatoms. The monoisotopic (exact) mass is 498 g/mol. The van der Waals surface area contributed by atoms with Crippen molar-refractivity contribution in [1.29, 1.82) is 0 Å². The van der Waals surface area contributed by atoms with Crippen LogP contribution in [0.1, 0.15) is 50.0 Å². The van der Waals surface area contributed by atoms with E-state index in [1.165, 1.54) is 6.26 Å². The molecule has 6 rings (SSSR count). The zero-order chi connectivity index (χ0) is 23.9. The highest BCUT2D eigenvalue weighted by Gasteiger charge is 2.46. The molecule has 2 fully saturated rings. The van der Waals surface area contributed by atoms with E-state index < -0.39 is 15.5 Å². The van der Waals surface area contributed by atoms with E-state index in [1.807, 2.05) is 18.3 Å². The molecule has 4 aliphatic rings. The summed E-state index contributed by atoms with van der Waals surface area (Å²) in [7, 11) is -5.65. The third kappa shape index (κ3) is 4.35. The van der Waals surface area contributed by atoms with Crippen LogP contribution in [0.2, 0.25) is 0 Å². The topological polar surface area (TPSA) is 96.9 Å². The molecule has 184 valence electrons. The zero-order valence-corrected chi connectivity index (χ0v) is 19.2. The number of hydrogen-bond acceptors (Lipinski definition) is 6. The average Bonchev–Trinajstić information content (AvgIpc) is 3.27. The summed E-state index contributed by atoms with van der Waals surface area (Å²) in [6, 6.07) is 3.85. The Balaban J connectivity index is 1.49. The maximum Gasteiger partial charge on any atom is 0.518 e. The molecule has 0 unspecified atom stereocenters. The lowest BCUT2D eigenvalue weighted by atomic mass is 9.81. The molecule has 1 aliphatic carbocycles. The Morgan fingerprint density at radius 2 is 1.94 bits per heavy atom. The molecule has 8 nitrogen and oxygen atoms in total. The molecule has 34 heavy (non-hydrogen) atoms. The van der Waals surface area contributed by atoms with Gasteiger partial charge in [0.1, 0.15) is 18.6 Å². The third-order valence-electron chi connectivity index (χ3n) is 6.70. The van der Waals surface area contributed by atoms with Crippen LogP contribution < -0.4 is 4.74 Å². The van der Waals surface area contributed by atoms with Gasteiger partial charge in [-0.25, -0.2) is 0 Å². The van der Waals surface area contributed by atoms with Crippen LogP contribution in [-0.2, 0) is 14.8 Å². The summed E-state index contributed by atoms with van der Waals surface area (Å²) < 4.78 is 77.7. The van der Waals surface area contributed by atoms with Gasteiger partial charge in [-0.3, -0.25) is 5.10 Å². The average molecular weight is 499 g/mol. The summed E-state index contributed by atoms with van der Waals surface area (Å²) >= 11 is 0. The summed E-state index contributed by atoms with van der Waals surface area (Å²) in [6.45, 7) is 1.15. The number of alkyl halides is 3. The van der Waals surface area contributed by atoms with Crippen LogP contribution in [0, 0.1) is 0 Å². The van der Waals surface area contributed by atoms with Crippen molar-refractivity contribution in [2.45, 2.75) is 56.1 Å². The van der Waals surface area contributed by atoms with Gasteiger partial charge >= 0.3 is 15.5 Å². The number of aromatic nitrogens is 2. The van der Waals surface area contributed by atoms with Gasteiger partial charge in [-0.2, -0.15) is 31.1 Å². The minimum absolute atomic E-state index is 0.110.